The van der Waals surface area contributed by atoms with Crippen LogP contribution in [0.15, 0.2) is 47.6 Å². The molecule has 1 aromatic carbocycles. The molecule has 1 aliphatic rings. The molecule has 0 bridgehead atoms. The van der Waals surface area contributed by atoms with E-state index in [0.717, 1.165) is 43.1 Å². The van der Waals surface area contributed by atoms with E-state index in [0.29, 0.717) is 17.1 Å². The predicted octanol–water partition coefficient (Wildman–Crippen LogP) is 3.95. The van der Waals surface area contributed by atoms with Crippen molar-refractivity contribution < 1.29 is 15.0 Å². The molecule has 7 N–H and O–H groups in total. The van der Waals surface area contributed by atoms with Crippen molar-refractivity contribution >= 4 is 39.4 Å². The summed E-state index contributed by atoms with van der Waals surface area (Å²) in [5.41, 5.74) is 13.5. The molecule has 0 radical (unpaired) electrons. The first-order valence-corrected chi connectivity index (χ1v) is 10.5. The molecule has 1 saturated heterocycles. The third-order valence-corrected chi connectivity index (χ3v) is 4.67. The number of phenolic OH excluding ortho intramolecular Hbond substituents is 1. The fraction of sp³-hybridized carbons (Fsp3) is 0.318. The lowest BCUT2D eigenvalue weighted by Crippen LogP contribution is -2.25. The predicted molar refractivity (Wildman–Crippen MR) is 129 cm³/mol. The van der Waals surface area contributed by atoms with Gasteiger partial charge in [-0.2, -0.15) is 0 Å². The number of nitrogens with two attached hydrogens (primary N) is 2. The van der Waals surface area contributed by atoms with Crippen molar-refractivity contribution in [2.24, 2.45) is 5.73 Å². The summed E-state index contributed by atoms with van der Waals surface area (Å²) in [5.74, 6) is 0.745. The Kier molecular flexibility index (Phi) is 13.8. The summed E-state index contributed by atoms with van der Waals surface area (Å²) < 4.78 is 0.827. The topological polar surface area (TPSA) is 129 Å². The number of aliphatic hydroxyl groups excluding tert-OH is 1. The van der Waals surface area contributed by atoms with Crippen LogP contribution in [0.4, 0.5) is 5.82 Å². The number of hydrogen-bond donors (Lipinski definition) is 5. The second-order valence-corrected chi connectivity index (χ2v) is 6.67. The number of aromatic amines is 1. The van der Waals surface area contributed by atoms with Crippen LogP contribution in [-0.2, 0) is 4.79 Å². The molecule has 7 nitrogen and oxygen atoms in total. The lowest BCUT2D eigenvalue weighted by molar-refractivity contribution is -0.124. The first-order chi connectivity index (χ1) is 14.4. The van der Waals surface area contributed by atoms with Crippen LogP contribution in [0, 0.1) is 0 Å². The summed E-state index contributed by atoms with van der Waals surface area (Å²) >= 11 is 3.36. The van der Waals surface area contributed by atoms with E-state index in [-0.39, 0.29) is 11.7 Å². The van der Waals surface area contributed by atoms with Crippen molar-refractivity contribution in [3.8, 4) is 5.75 Å². The molecule has 166 valence electrons. The Hall–Kier alpha value is -2.71. The van der Waals surface area contributed by atoms with Crippen molar-refractivity contribution in [1.82, 2.24) is 9.88 Å². The van der Waals surface area contributed by atoms with Gasteiger partial charge in [0.25, 0.3) is 0 Å². The summed E-state index contributed by atoms with van der Waals surface area (Å²) in [7, 11) is 1.00. The number of carbonyl (C=O) groups is 1. The third-order valence-electron chi connectivity index (χ3n) is 4.01. The molecule has 30 heavy (non-hydrogen) atoms. The van der Waals surface area contributed by atoms with Crippen LogP contribution in [0.25, 0.3) is 11.8 Å². The number of nitrogens with one attached hydrogen (secondary N) is 1. The van der Waals surface area contributed by atoms with E-state index in [9.17, 15) is 9.90 Å². The Morgan fingerprint density at radius 1 is 1.23 bits per heavy atom. The van der Waals surface area contributed by atoms with Crippen molar-refractivity contribution in [2.75, 3.05) is 25.9 Å². The van der Waals surface area contributed by atoms with Crippen LogP contribution in [0.1, 0.15) is 37.8 Å². The number of benzene rings is 1. The molecule has 3 rings (SSSR count). The van der Waals surface area contributed by atoms with Gasteiger partial charge in [0.1, 0.15) is 11.6 Å². The number of rotatable bonds is 3. The zero-order valence-electron chi connectivity index (χ0n) is 17.9. The lowest BCUT2D eigenvalue weighted by atomic mass is 10.1. The van der Waals surface area contributed by atoms with Crippen molar-refractivity contribution in [3.63, 3.8) is 0 Å². The normalized spacial score (nSPS) is 12.4. The van der Waals surface area contributed by atoms with E-state index in [1.807, 2.05) is 24.8 Å². The minimum Gasteiger partial charge on any atom is -0.507 e. The number of aliphatic hydroxyl groups is 1. The van der Waals surface area contributed by atoms with Gasteiger partial charge in [0.15, 0.2) is 0 Å². The van der Waals surface area contributed by atoms with Crippen LogP contribution < -0.4 is 11.5 Å². The molecule has 0 saturated carbocycles. The minimum absolute atomic E-state index is 0.0764. The van der Waals surface area contributed by atoms with Crippen LogP contribution in [-0.4, -0.2) is 46.2 Å². The maximum Gasteiger partial charge on any atom is 0.245 e. The quantitative estimate of drug-likeness (QED) is 0.424. The number of para-hydroxylation sites is 1. The zero-order chi connectivity index (χ0) is 23.1. The van der Waals surface area contributed by atoms with Gasteiger partial charge in [-0.1, -0.05) is 32.6 Å². The second-order valence-electron chi connectivity index (χ2n) is 5.82. The number of halogens is 1. The first kappa shape index (κ1) is 27.3. The zero-order valence-corrected chi connectivity index (χ0v) is 19.4. The van der Waals surface area contributed by atoms with Gasteiger partial charge in [0, 0.05) is 47.7 Å². The number of H-pyrrole nitrogens is 1. The van der Waals surface area contributed by atoms with Crippen molar-refractivity contribution in [1.29, 1.82) is 0 Å². The average Bonchev–Trinajstić information content (AvgIpc) is 3.43. The number of nitrogen functional groups attached to an aromatic ring is 1. The molecule has 0 spiro atoms. The van der Waals surface area contributed by atoms with E-state index in [1.54, 1.807) is 30.5 Å². The highest BCUT2D eigenvalue weighted by Gasteiger charge is 2.14. The molecule has 0 aliphatic carbocycles. The molecule has 2 aromatic rings. The van der Waals surface area contributed by atoms with Gasteiger partial charge in [-0.25, -0.2) is 0 Å². The number of aromatic hydroxyl groups is 1. The van der Waals surface area contributed by atoms with Crippen LogP contribution in [0.2, 0.25) is 0 Å². The number of anilines is 1. The number of nitrogens with zero attached hydrogens (tertiary/aromatic N) is 1. The fourth-order valence-electron chi connectivity index (χ4n) is 2.59. The molecule has 1 fully saturated rings. The van der Waals surface area contributed by atoms with E-state index >= 15 is 0 Å². The maximum absolute atomic E-state index is 10.8. The van der Waals surface area contributed by atoms with E-state index in [2.05, 4.69) is 27.5 Å². The Morgan fingerprint density at radius 2 is 1.80 bits per heavy atom. The smallest absolute Gasteiger partial charge is 0.245 e. The molecule has 0 atom stereocenters. The van der Waals surface area contributed by atoms with Gasteiger partial charge >= 0.3 is 0 Å². The van der Waals surface area contributed by atoms with Gasteiger partial charge in [-0.05, 0) is 53.1 Å². The number of carbonyl (C=O) groups excluding carboxylic acids is 1. The maximum atomic E-state index is 10.8. The molecule has 1 aliphatic heterocycles. The second kappa shape index (κ2) is 15.2. The molecule has 2 heterocycles. The molecular weight excluding hydrogens is 448 g/mol. The van der Waals surface area contributed by atoms with Crippen LogP contribution >= 0.6 is 15.9 Å². The Bertz CT molecular complexity index is 793. The van der Waals surface area contributed by atoms with E-state index in [1.165, 1.54) is 6.08 Å². The van der Waals surface area contributed by atoms with Crippen molar-refractivity contribution in [3.05, 3.63) is 58.7 Å². The fourth-order valence-corrected chi connectivity index (χ4v) is 3.03. The van der Waals surface area contributed by atoms with Gasteiger partial charge in [-0.3, -0.25) is 4.79 Å². The summed E-state index contributed by atoms with van der Waals surface area (Å²) in [6.07, 6.45) is 7.13. The van der Waals surface area contributed by atoms with Crippen LogP contribution in [0.5, 0.6) is 5.75 Å². The summed E-state index contributed by atoms with van der Waals surface area (Å²) in [4.78, 5) is 15.5. The monoisotopic (exact) mass is 480 g/mol. The molecular formula is C22H33BrN4O3. The third kappa shape index (κ3) is 8.34. The molecule has 1 amide bonds. The Morgan fingerprint density at radius 3 is 2.27 bits per heavy atom. The van der Waals surface area contributed by atoms with E-state index in [4.69, 9.17) is 16.6 Å². The van der Waals surface area contributed by atoms with E-state index < -0.39 is 0 Å². The summed E-state index contributed by atoms with van der Waals surface area (Å²) in [6, 6.07) is 6.89. The number of likely N-dealkylation sites (tertiary alicyclic amines) is 1. The number of amides is 1. The Balaban J connectivity index is 0.000000547. The van der Waals surface area contributed by atoms with Gasteiger partial charge < -0.3 is 31.6 Å². The average molecular weight is 481 g/mol. The van der Waals surface area contributed by atoms with Gasteiger partial charge in [0.05, 0.1) is 0 Å². The molecule has 8 heteroatoms. The Labute approximate surface area is 187 Å². The standard InChI is InChI=1S/C12H12BrN3O.C7H11NO.C2H6.CH4O/c13-9-6-16-12(15)8(9)5-10(14)7-3-1-2-4-11(7)17;1-2-7(9)8-5-3-4-6-8;2*1-2/h1-6,16-17H,14-15H2;2H,1,3-6H2;1-2H3;2H,1H3/b10-5-;;;. The largest absolute Gasteiger partial charge is 0.507 e. The highest BCUT2D eigenvalue weighted by Crippen LogP contribution is 2.28. The summed E-state index contributed by atoms with van der Waals surface area (Å²) in [5, 5.41) is 16.7. The van der Waals surface area contributed by atoms with Crippen LogP contribution in [0.3, 0.4) is 0 Å². The number of phenols is 1. The SMILES string of the molecule is C=CC(=O)N1CCCC1.CC.CO.N/C(=C\c1c(Br)c[nH]c1N)c1ccccc1O. The summed E-state index contributed by atoms with van der Waals surface area (Å²) in [6.45, 7) is 9.26. The van der Waals surface area contributed by atoms with Crippen molar-refractivity contribution in [2.45, 2.75) is 26.7 Å². The van der Waals surface area contributed by atoms with Gasteiger partial charge in [0.2, 0.25) is 5.91 Å². The first-order valence-electron chi connectivity index (χ1n) is 9.68. The van der Waals surface area contributed by atoms with Gasteiger partial charge in [-0.15, -0.1) is 0 Å². The molecule has 0 unspecified atom stereocenters. The lowest BCUT2D eigenvalue weighted by Gasteiger charge is -2.10. The highest BCUT2D eigenvalue weighted by atomic mass is 79.9. The number of aromatic nitrogens is 1. The molecule has 1 aromatic heterocycles. The highest BCUT2D eigenvalue weighted by molar-refractivity contribution is 9.10. The minimum atomic E-state index is 0.0764. The number of hydrogen-bond acceptors (Lipinski definition) is 5.